The largest absolute Gasteiger partial charge is 0.372 e. The van der Waals surface area contributed by atoms with Gasteiger partial charge < -0.3 is 15.4 Å². The predicted octanol–water partition coefficient (Wildman–Crippen LogP) is 3.83. The molecule has 1 aliphatic heterocycles. The molecule has 1 amide bonds. The molecule has 0 spiro atoms. The Morgan fingerprint density at radius 3 is 2.33 bits per heavy atom. The number of hydrogen-bond acceptors (Lipinski definition) is 3. The summed E-state index contributed by atoms with van der Waals surface area (Å²) in [4.78, 5) is 12.0. The van der Waals surface area contributed by atoms with Crippen LogP contribution in [0.4, 0.5) is 0 Å². The van der Waals surface area contributed by atoms with E-state index in [9.17, 15) is 4.79 Å². The maximum atomic E-state index is 12.0. The molecule has 0 saturated carbocycles. The van der Waals surface area contributed by atoms with Gasteiger partial charge in [-0.25, -0.2) is 0 Å². The van der Waals surface area contributed by atoms with Crippen molar-refractivity contribution in [1.82, 2.24) is 10.6 Å². The van der Waals surface area contributed by atoms with Gasteiger partial charge in [-0.2, -0.15) is 0 Å². The van der Waals surface area contributed by atoms with Crippen LogP contribution in [0.2, 0.25) is 0 Å². The second-order valence-electron chi connectivity index (χ2n) is 6.97. The number of ether oxygens (including phenoxy) is 1. The van der Waals surface area contributed by atoms with Crippen LogP contribution >= 0.6 is 12.4 Å². The third-order valence-electron chi connectivity index (χ3n) is 4.83. The normalized spacial score (nSPS) is 15.9. The summed E-state index contributed by atoms with van der Waals surface area (Å²) in [5.74, 6) is 0.808. The summed E-state index contributed by atoms with van der Waals surface area (Å²) in [6.45, 7) is 3.95. The number of amides is 1. The van der Waals surface area contributed by atoms with Gasteiger partial charge >= 0.3 is 0 Å². The molecule has 1 aliphatic rings. The van der Waals surface area contributed by atoms with Gasteiger partial charge in [0.25, 0.3) is 0 Å². The molecular weight excluding hydrogens is 360 g/mol. The van der Waals surface area contributed by atoms with E-state index in [1.54, 1.807) is 0 Å². The number of carbonyl (C=O) groups excluding carboxylic acids is 1. The molecule has 2 aromatic rings. The highest BCUT2D eigenvalue weighted by Crippen LogP contribution is 2.14. The molecule has 0 aliphatic carbocycles. The molecule has 2 N–H and O–H groups in total. The zero-order valence-electron chi connectivity index (χ0n) is 15.7. The topological polar surface area (TPSA) is 50.4 Å². The van der Waals surface area contributed by atoms with Crippen LogP contribution in [0.15, 0.2) is 54.6 Å². The van der Waals surface area contributed by atoms with Crippen molar-refractivity contribution in [1.29, 1.82) is 0 Å². The zero-order valence-corrected chi connectivity index (χ0v) is 16.5. The lowest BCUT2D eigenvalue weighted by Crippen LogP contribution is -2.23. The average Bonchev–Trinajstić information content (AvgIpc) is 3.20. The molecule has 5 heteroatoms. The van der Waals surface area contributed by atoms with E-state index in [2.05, 4.69) is 47.0 Å². The lowest BCUT2D eigenvalue weighted by molar-refractivity contribution is -0.121. The van der Waals surface area contributed by atoms with Gasteiger partial charge in [0, 0.05) is 13.0 Å². The summed E-state index contributed by atoms with van der Waals surface area (Å²) in [5, 5.41) is 6.36. The van der Waals surface area contributed by atoms with Crippen molar-refractivity contribution in [2.24, 2.45) is 5.92 Å². The van der Waals surface area contributed by atoms with Crippen molar-refractivity contribution in [3.63, 3.8) is 0 Å². The van der Waals surface area contributed by atoms with E-state index >= 15 is 0 Å². The van der Waals surface area contributed by atoms with Gasteiger partial charge in [0.05, 0.1) is 13.2 Å². The first-order valence-corrected chi connectivity index (χ1v) is 9.46. The lowest BCUT2D eigenvalue weighted by Gasteiger charge is -2.09. The maximum Gasteiger partial charge on any atom is 0.220 e. The fourth-order valence-corrected chi connectivity index (χ4v) is 3.20. The second kappa shape index (κ2) is 11.8. The van der Waals surface area contributed by atoms with E-state index in [-0.39, 0.29) is 18.3 Å². The molecule has 0 bridgehead atoms. The molecule has 146 valence electrons. The Balaban J connectivity index is 0.00000261. The summed E-state index contributed by atoms with van der Waals surface area (Å²) in [6.07, 6.45) is 2.80. The summed E-state index contributed by atoms with van der Waals surface area (Å²) in [5.41, 5.74) is 3.44. The first-order valence-electron chi connectivity index (χ1n) is 9.46. The highest BCUT2D eigenvalue weighted by Gasteiger charge is 2.15. The highest BCUT2D eigenvalue weighted by atomic mass is 35.5. The van der Waals surface area contributed by atoms with Gasteiger partial charge in [-0.15, -0.1) is 12.4 Å². The monoisotopic (exact) mass is 388 g/mol. The van der Waals surface area contributed by atoms with Gasteiger partial charge in [0.1, 0.15) is 0 Å². The Kier molecular flexibility index (Phi) is 9.32. The quantitative estimate of drug-likeness (QED) is 0.686. The minimum atomic E-state index is 0. The van der Waals surface area contributed by atoms with Crippen molar-refractivity contribution in [2.45, 2.75) is 39.0 Å². The Bertz CT molecular complexity index is 670. The maximum absolute atomic E-state index is 12.0. The molecule has 1 heterocycles. The third kappa shape index (κ3) is 7.71. The minimum Gasteiger partial charge on any atom is -0.372 e. The van der Waals surface area contributed by atoms with Crippen molar-refractivity contribution >= 4 is 18.3 Å². The average molecular weight is 389 g/mol. The number of rotatable bonds is 9. The predicted molar refractivity (Wildman–Crippen MR) is 111 cm³/mol. The molecule has 1 saturated heterocycles. The van der Waals surface area contributed by atoms with E-state index < -0.39 is 0 Å². The number of benzene rings is 2. The zero-order chi connectivity index (χ0) is 18.0. The lowest BCUT2D eigenvalue weighted by atomic mass is 10.0. The summed E-state index contributed by atoms with van der Waals surface area (Å²) in [6, 6.07) is 18.4. The highest BCUT2D eigenvalue weighted by molar-refractivity contribution is 5.85. The van der Waals surface area contributed by atoms with Crippen LogP contribution in [0.1, 0.15) is 36.0 Å². The molecule has 4 nitrogen and oxygen atoms in total. The number of nitrogens with one attached hydrogen (secondary N) is 2. The van der Waals surface area contributed by atoms with Gasteiger partial charge in [-0.3, -0.25) is 4.79 Å². The SMILES string of the molecule is Cl.O=C(CCC1CCNC1)NCc1ccc(COCc2ccccc2)cc1. The summed E-state index contributed by atoms with van der Waals surface area (Å²) >= 11 is 0. The van der Waals surface area contributed by atoms with Crippen LogP contribution in [0.3, 0.4) is 0 Å². The van der Waals surface area contributed by atoms with Crippen LogP contribution < -0.4 is 10.6 Å². The van der Waals surface area contributed by atoms with Gasteiger partial charge in [0.2, 0.25) is 5.91 Å². The molecule has 1 unspecified atom stereocenters. The minimum absolute atomic E-state index is 0. The first-order chi connectivity index (χ1) is 12.8. The Morgan fingerprint density at radius 1 is 1.00 bits per heavy atom. The number of hydrogen-bond donors (Lipinski definition) is 2. The van der Waals surface area contributed by atoms with Gasteiger partial charge in [-0.05, 0) is 48.5 Å². The molecule has 0 aromatic heterocycles. The fraction of sp³-hybridized carbons (Fsp3) is 0.409. The van der Waals surface area contributed by atoms with E-state index in [4.69, 9.17) is 4.74 Å². The first kappa shape index (κ1) is 21.4. The van der Waals surface area contributed by atoms with Crippen molar-refractivity contribution in [3.8, 4) is 0 Å². The standard InChI is InChI=1S/C22H28N2O2.ClH/c25-22(11-10-19-12-13-23-14-19)24-15-18-6-8-21(9-7-18)17-26-16-20-4-2-1-3-5-20;/h1-9,19,23H,10-17H2,(H,24,25);1H. The third-order valence-corrected chi connectivity index (χ3v) is 4.83. The molecule has 1 atom stereocenters. The Hall–Kier alpha value is -1.88. The van der Waals surface area contributed by atoms with Crippen molar-refractivity contribution in [3.05, 3.63) is 71.3 Å². The molecule has 27 heavy (non-hydrogen) atoms. The van der Waals surface area contributed by atoms with Crippen LogP contribution in [0.25, 0.3) is 0 Å². The summed E-state index contributed by atoms with van der Waals surface area (Å²) in [7, 11) is 0. The Morgan fingerprint density at radius 2 is 1.67 bits per heavy atom. The van der Waals surface area contributed by atoms with Gasteiger partial charge in [0.15, 0.2) is 0 Å². The van der Waals surface area contributed by atoms with Crippen LogP contribution in [0.5, 0.6) is 0 Å². The smallest absolute Gasteiger partial charge is 0.220 e. The molecule has 0 radical (unpaired) electrons. The van der Waals surface area contributed by atoms with Crippen LogP contribution in [0, 0.1) is 5.92 Å². The van der Waals surface area contributed by atoms with Gasteiger partial charge in [-0.1, -0.05) is 54.6 Å². The van der Waals surface area contributed by atoms with E-state index in [0.29, 0.717) is 32.1 Å². The number of carbonyl (C=O) groups is 1. The van der Waals surface area contributed by atoms with E-state index in [0.717, 1.165) is 30.6 Å². The van der Waals surface area contributed by atoms with Crippen LogP contribution in [-0.2, 0) is 29.3 Å². The molecule has 3 rings (SSSR count). The second-order valence-corrected chi connectivity index (χ2v) is 6.97. The van der Waals surface area contributed by atoms with Crippen molar-refractivity contribution in [2.75, 3.05) is 13.1 Å². The molecular formula is C22H29ClN2O2. The summed E-state index contributed by atoms with van der Waals surface area (Å²) < 4.78 is 5.75. The number of halogens is 1. The van der Waals surface area contributed by atoms with Crippen molar-refractivity contribution < 1.29 is 9.53 Å². The molecule has 2 aromatic carbocycles. The van der Waals surface area contributed by atoms with E-state index in [1.807, 2.05) is 18.2 Å². The van der Waals surface area contributed by atoms with E-state index in [1.165, 1.54) is 12.0 Å². The van der Waals surface area contributed by atoms with Crippen LogP contribution in [-0.4, -0.2) is 19.0 Å². The molecule has 1 fully saturated rings. The fourth-order valence-electron chi connectivity index (χ4n) is 3.20. The Labute approximate surface area is 168 Å².